The van der Waals surface area contributed by atoms with E-state index in [1.54, 1.807) is 26.3 Å². The van der Waals surface area contributed by atoms with Crippen LogP contribution in [-0.2, 0) is 13.6 Å². The van der Waals surface area contributed by atoms with Crippen molar-refractivity contribution in [3.63, 3.8) is 0 Å². The maximum Gasteiger partial charge on any atom is 0.269 e. The Hall–Kier alpha value is -4.40. The molecule has 1 N–H and O–H groups in total. The van der Waals surface area contributed by atoms with E-state index >= 15 is 0 Å². The molecule has 0 atom stereocenters. The number of hydrogen-bond acceptors (Lipinski definition) is 6. The molecule has 0 spiro atoms. The smallest absolute Gasteiger partial charge is 0.269 e. The fourth-order valence-electron chi connectivity index (χ4n) is 3.69. The second kappa shape index (κ2) is 10.7. The number of carbonyl (C=O) groups excluding carboxylic acids is 1. The summed E-state index contributed by atoms with van der Waals surface area (Å²) in [6.45, 7) is 2.98. The zero-order chi connectivity index (χ0) is 24.8. The predicted octanol–water partition coefficient (Wildman–Crippen LogP) is 3.15. The van der Waals surface area contributed by atoms with Gasteiger partial charge in [-0.1, -0.05) is 12.1 Å². The molecule has 2 aromatic carbocycles. The normalized spacial score (nSPS) is 10.7. The van der Waals surface area contributed by atoms with Crippen molar-refractivity contribution < 1.29 is 14.3 Å². The minimum absolute atomic E-state index is 0.229. The molecule has 0 aliphatic heterocycles. The zero-order valence-electron chi connectivity index (χ0n) is 19.9. The number of hydrogen-bond donors (Lipinski definition) is 1. The van der Waals surface area contributed by atoms with E-state index in [1.165, 1.54) is 15.4 Å². The van der Waals surface area contributed by atoms with Crippen LogP contribution in [0.5, 0.6) is 11.5 Å². The predicted molar refractivity (Wildman–Crippen MR) is 133 cm³/mol. The van der Waals surface area contributed by atoms with Gasteiger partial charge in [-0.25, -0.2) is 4.68 Å². The quantitative estimate of drug-likeness (QED) is 0.401. The van der Waals surface area contributed by atoms with E-state index < -0.39 is 0 Å². The Bertz CT molecular complexity index is 1380. The molecule has 1 amide bonds. The molecule has 0 saturated carbocycles. The van der Waals surface area contributed by atoms with E-state index in [1.807, 2.05) is 55.5 Å². The first kappa shape index (κ1) is 23.7. The largest absolute Gasteiger partial charge is 0.496 e. The van der Waals surface area contributed by atoms with E-state index in [4.69, 9.17) is 9.47 Å². The molecule has 0 saturated heterocycles. The van der Waals surface area contributed by atoms with Gasteiger partial charge in [0.05, 0.1) is 31.6 Å². The summed E-state index contributed by atoms with van der Waals surface area (Å²) < 4.78 is 13.7. The average molecular weight is 474 g/mol. The lowest BCUT2D eigenvalue weighted by molar-refractivity contribution is 0.0942. The van der Waals surface area contributed by atoms with Crippen molar-refractivity contribution in [3.8, 4) is 34.0 Å². The Morgan fingerprint density at radius 3 is 2.51 bits per heavy atom. The monoisotopic (exact) mass is 473 g/mol. The lowest BCUT2D eigenvalue weighted by Crippen LogP contribution is -2.32. The number of benzene rings is 2. The number of carbonyl (C=O) groups is 1. The molecule has 9 heteroatoms. The second-order valence-electron chi connectivity index (χ2n) is 7.73. The molecule has 4 aromatic rings. The third-order valence-corrected chi connectivity index (χ3v) is 5.43. The van der Waals surface area contributed by atoms with Gasteiger partial charge in [-0.05, 0) is 55.5 Å². The van der Waals surface area contributed by atoms with Gasteiger partial charge in [0.25, 0.3) is 11.5 Å². The summed E-state index contributed by atoms with van der Waals surface area (Å²) in [5, 5.41) is 11.7. The number of nitrogens with zero attached hydrogens (tertiary/aromatic N) is 4. The highest BCUT2D eigenvalue weighted by atomic mass is 16.5. The number of aromatic nitrogens is 4. The van der Waals surface area contributed by atoms with Gasteiger partial charge in [0.15, 0.2) is 0 Å². The SMILES string of the molecule is CCOc1ccc(-c2ccc(=O)n(CCNC(=O)c3cc(-c4ccccc4OC)nn3C)n2)cc1. The zero-order valence-corrected chi connectivity index (χ0v) is 19.9. The second-order valence-corrected chi connectivity index (χ2v) is 7.73. The molecule has 0 aliphatic rings. The van der Waals surface area contributed by atoms with Crippen molar-refractivity contribution in [1.82, 2.24) is 24.9 Å². The molecule has 0 bridgehead atoms. The van der Waals surface area contributed by atoms with Gasteiger partial charge in [0.1, 0.15) is 17.2 Å². The van der Waals surface area contributed by atoms with Gasteiger partial charge in [-0.15, -0.1) is 0 Å². The van der Waals surface area contributed by atoms with Crippen LogP contribution in [0.1, 0.15) is 17.4 Å². The van der Waals surface area contributed by atoms with Crippen molar-refractivity contribution in [2.24, 2.45) is 7.05 Å². The molecule has 0 radical (unpaired) electrons. The molecule has 2 aromatic heterocycles. The minimum atomic E-state index is -0.295. The third-order valence-electron chi connectivity index (χ3n) is 5.43. The van der Waals surface area contributed by atoms with Crippen LogP contribution in [0.4, 0.5) is 0 Å². The maximum absolute atomic E-state index is 12.8. The summed E-state index contributed by atoms with van der Waals surface area (Å²) in [6, 6.07) is 19.9. The Morgan fingerprint density at radius 1 is 1.00 bits per heavy atom. The highest BCUT2D eigenvalue weighted by molar-refractivity contribution is 5.93. The van der Waals surface area contributed by atoms with E-state index in [0.717, 1.165) is 16.9 Å². The Morgan fingerprint density at radius 2 is 1.77 bits per heavy atom. The number of aryl methyl sites for hydroxylation is 1. The van der Waals surface area contributed by atoms with Crippen molar-refractivity contribution in [2.75, 3.05) is 20.3 Å². The standard InChI is InChI=1S/C26H27N5O4/c1-4-35-19-11-9-18(10-12-19)21-13-14-25(32)31(29-21)16-15-27-26(33)23-17-22(28-30(23)2)20-7-5-6-8-24(20)34-3/h5-14,17H,4,15-16H2,1-3H3,(H,27,33). The summed E-state index contributed by atoms with van der Waals surface area (Å²) in [6.07, 6.45) is 0. The first-order valence-electron chi connectivity index (χ1n) is 11.3. The summed E-state index contributed by atoms with van der Waals surface area (Å²) >= 11 is 0. The number of ether oxygens (including phenoxy) is 2. The fraction of sp³-hybridized carbons (Fsp3) is 0.231. The summed E-state index contributed by atoms with van der Waals surface area (Å²) in [5.41, 5.74) is 3.11. The average Bonchev–Trinajstić information content (AvgIpc) is 3.27. The third kappa shape index (κ3) is 5.40. The number of rotatable bonds is 9. The first-order valence-corrected chi connectivity index (χ1v) is 11.3. The maximum atomic E-state index is 12.8. The van der Waals surface area contributed by atoms with Crippen LogP contribution in [0.15, 0.2) is 71.5 Å². The summed E-state index contributed by atoms with van der Waals surface area (Å²) in [4.78, 5) is 25.1. The van der Waals surface area contributed by atoms with Crippen molar-refractivity contribution >= 4 is 5.91 Å². The van der Waals surface area contributed by atoms with Gasteiger partial charge in [0.2, 0.25) is 0 Å². The molecular weight excluding hydrogens is 446 g/mol. The number of para-hydroxylation sites is 1. The minimum Gasteiger partial charge on any atom is -0.496 e. The molecule has 35 heavy (non-hydrogen) atoms. The molecule has 0 unspecified atom stereocenters. The number of amides is 1. The van der Waals surface area contributed by atoms with E-state index in [-0.39, 0.29) is 24.6 Å². The molecular formula is C26H27N5O4. The van der Waals surface area contributed by atoms with Crippen molar-refractivity contribution in [3.05, 3.63) is 82.8 Å². The first-order chi connectivity index (χ1) is 17.0. The van der Waals surface area contributed by atoms with Gasteiger partial charge in [-0.2, -0.15) is 10.2 Å². The van der Waals surface area contributed by atoms with Crippen LogP contribution in [0.25, 0.3) is 22.5 Å². The van der Waals surface area contributed by atoms with Crippen LogP contribution in [-0.4, -0.2) is 45.7 Å². The van der Waals surface area contributed by atoms with Crippen LogP contribution in [0.2, 0.25) is 0 Å². The van der Waals surface area contributed by atoms with Crippen molar-refractivity contribution in [1.29, 1.82) is 0 Å². The topological polar surface area (TPSA) is 100 Å². The van der Waals surface area contributed by atoms with Crippen LogP contribution in [0.3, 0.4) is 0 Å². The van der Waals surface area contributed by atoms with Crippen molar-refractivity contribution in [2.45, 2.75) is 13.5 Å². The highest BCUT2D eigenvalue weighted by Crippen LogP contribution is 2.28. The molecule has 0 aliphatic carbocycles. The number of methoxy groups -OCH3 is 1. The Kier molecular flexibility index (Phi) is 7.25. The van der Waals surface area contributed by atoms with E-state index in [9.17, 15) is 9.59 Å². The van der Waals surface area contributed by atoms with Gasteiger partial charge in [0, 0.05) is 30.8 Å². The van der Waals surface area contributed by atoms with Crippen LogP contribution < -0.4 is 20.3 Å². The molecule has 9 nitrogen and oxygen atoms in total. The highest BCUT2D eigenvalue weighted by Gasteiger charge is 2.16. The summed E-state index contributed by atoms with van der Waals surface area (Å²) in [5.74, 6) is 1.16. The lowest BCUT2D eigenvalue weighted by atomic mass is 10.1. The number of nitrogens with one attached hydrogen (secondary N) is 1. The fourth-order valence-corrected chi connectivity index (χ4v) is 3.69. The van der Waals surface area contributed by atoms with E-state index in [0.29, 0.717) is 29.4 Å². The Balaban J connectivity index is 1.43. The van der Waals surface area contributed by atoms with Gasteiger partial charge < -0.3 is 14.8 Å². The van der Waals surface area contributed by atoms with Crippen LogP contribution in [0, 0.1) is 0 Å². The van der Waals surface area contributed by atoms with Crippen LogP contribution >= 0.6 is 0 Å². The van der Waals surface area contributed by atoms with Gasteiger partial charge >= 0.3 is 0 Å². The summed E-state index contributed by atoms with van der Waals surface area (Å²) in [7, 11) is 3.30. The molecule has 180 valence electrons. The molecule has 0 fully saturated rings. The Labute approximate surface area is 202 Å². The van der Waals surface area contributed by atoms with E-state index in [2.05, 4.69) is 15.5 Å². The van der Waals surface area contributed by atoms with Gasteiger partial charge in [-0.3, -0.25) is 14.3 Å². The molecule has 2 heterocycles. The molecule has 4 rings (SSSR count). The lowest BCUT2D eigenvalue weighted by Gasteiger charge is -2.09.